The molecule has 5 heteroatoms. The van der Waals surface area contributed by atoms with E-state index in [0.29, 0.717) is 17.7 Å². The van der Waals surface area contributed by atoms with Gasteiger partial charge in [-0.05, 0) is 35.9 Å². The van der Waals surface area contributed by atoms with Crippen LogP contribution in [0.2, 0.25) is 0 Å². The van der Waals surface area contributed by atoms with Gasteiger partial charge in [0.15, 0.2) is 0 Å². The van der Waals surface area contributed by atoms with E-state index in [1.165, 1.54) is 6.07 Å². The van der Waals surface area contributed by atoms with Crippen LogP contribution in [0.3, 0.4) is 0 Å². The van der Waals surface area contributed by atoms with Gasteiger partial charge >= 0.3 is 6.18 Å². The van der Waals surface area contributed by atoms with E-state index in [1.54, 1.807) is 18.2 Å². The van der Waals surface area contributed by atoms with Crippen LogP contribution in [0.1, 0.15) is 23.1 Å². The highest BCUT2D eigenvalue weighted by Crippen LogP contribution is 2.30. The molecule has 0 spiro atoms. The number of alkyl halides is 3. The van der Waals surface area contributed by atoms with Gasteiger partial charge in [-0.15, -0.1) is 0 Å². The summed E-state index contributed by atoms with van der Waals surface area (Å²) in [6.45, 7) is 0. The second kappa shape index (κ2) is 5.78. The summed E-state index contributed by atoms with van der Waals surface area (Å²) in [4.78, 5) is 0. The summed E-state index contributed by atoms with van der Waals surface area (Å²) in [5.74, 6) is 0.626. The number of nitriles is 1. The van der Waals surface area contributed by atoms with Gasteiger partial charge in [0.25, 0.3) is 0 Å². The largest absolute Gasteiger partial charge is 0.416 e. The molecule has 0 heterocycles. The number of rotatable bonds is 3. The van der Waals surface area contributed by atoms with Crippen molar-refractivity contribution in [1.82, 2.24) is 0 Å². The monoisotopic (exact) mass is 257 g/mol. The number of allylic oxidation sites excluding steroid dienone is 1. The van der Waals surface area contributed by atoms with E-state index < -0.39 is 11.7 Å². The molecule has 0 saturated heterocycles. The lowest BCUT2D eigenvalue weighted by Crippen LogP contribution is -2.05. The summed E-state index contributed by atoms with van der Waals surface area (Å²) < 4.78 is 37.6. The van der Waals surface area contributed by atoms with Crippen LogP contribution in [0.15, 0.2) is 24.3 Å². The molecule has 0 atom stereocenters. The molecule has 90 valence electrons. The molecule has 1 aromatic rings. The van der Waals surface area contributed by atoms with Crippen LogP contribution >= 0.6 is 12.6 Å². The Bertz CT molecular complexity index is 458. The van der Waals surface area contributed by atoms with Crippen LogP contribution in [0.25, 0.3) is 6.08 Å². The minimum Gasteiger partial charge on any atom is -0.192 e. The number of hydrogen-bond acceptors (Lipinski definition) is 2. The van der Waals surface area contributed by atoms with Gasteiger partial charge in [-0.1, -0.05) is 12.2 Å². The molecule has 0 aliphatic heterocycles. The Morgan fingerprint density at radius 3 is 2.53 bits per heavy atom. The zero-order chi connectivity index (χ0) is 12.9. The first-order valence-electron chi connectivity index (χ1n) is 4.87. The van der Waals surface area contributed by atoms with Crippen molar-refractivity contribution in [3.8, 4) is 6.07 Å². The Kier molecular flexibility index (Phi) is 4.64. The van der Waals surface area contributed by atoms with E-state index in [2.05, 4.69) is 12.6 Å². The topological polar surface area (TPSA) is 23.8 Å². The first kappa shape index (κ1) is 13.7. The Balaban J connectivity index is 3.11. The van der Waals surface area contributed by atoms with Crippen molar-refractivity contribution in [2.24, 2.45) is 0 Å². The highest BCUT2D eigenvalue weighted by molar-refractivity contribution is 7.80. The predicted octanol–water partition coefficient (Wildman–Crippen LogP) is 3.91. The van der Waals surface area contributed by atoms with Gasteiger partial charge in [0.1, 0.15) is 0 Å². The highest BCUT2D eigenvalue weighted by Gasteiger charge is 2.30. The number of thiol groups is 1. The number of hydrogen-bond donors (Lipinski definition) is 1. The van der Waals surface area contributed by atoms with Gasteiger partial charge in [-0.3, -0.25) is 0 Å². The fraction of sp³-hybridized carbons (Fsp3) is 0.250. The van der Waals surface area contributed by atoms with E-state index in [-0.39, 0.29) is 5.56 Å². The summed E-state index contributed by atoms with van der Waals surface area (Å²) in [5.41, 5.74) is -0.425. The molecule has 0 N–H and O–H groups in total. The van der Waals surface area contributed by atoms with Gasteiger partial charge in [-0.2, -0.15) is 31.1 Å². The van der Waals surface area contributed by atoms with Crippen molar-refractivity contribution in [2.45, 2.75) is 12.6 Å². The minimum absolute atomic E-state index is 0.00495. The fourth-order valence-electron chi connectivity index (χ4n) is 1.27. The number of benzene rings is 1. The van der Waals surface area contributed by atoms with Gasteiger partial charge in [0.2, 0.25) is 0 Å². The summed E-state index contributed by atoms with van der Waals surface area (Å²) in [5, 5.41) is 8.67. The van der Waals surface area contributed by atoms with E-state index in [1.807, 2.05) is 0 Å². The molecule has 0 amide bonds. The normalized spacial score (nSPS) is 11.7. The minimum atomic E-state index is -4.43. The van der Waals surface area contributed by atoms with E-state index in [0.717, 1.165) is 12.1 Å². The molecule has 0 radical (unpaired) electrons. The van der Waals surface area contributed by atoms with Crippen LogP contribution in [-0.4, -0.2) is 5.75 Å². The molecule has 0 fully saturated rings. The van der Waals surface area contributed by atoms with Gasteiger partial charge in [0, 0.05) is 0 Å². The molecule has 0 bridgehead atoms. The molecule has 0 saturated carbocycles. The van der Waals surface area contributed by atoms with Crippen LogP contribution < -0.4 is 0 Å². The molecule has 1 nitrogen and oxygen atoms in total. The second-order valence-electron chi connectivity index (χ2n) is 3.37. The summed E-state index contributed by atoms with van der Waals surface area (Å²) >= 11 is 3.99. The maximum Gasteiger partial charge on any atom is 0.416 e. The van der Waals surface area contributed by atoms with Crippen molar-refractivity contribution < 1.29 is 13.2 Å². The average molecular weight is 257 g/mol. The molecular formula is C12H10F3NS. The maximum atomic E-state index is 12.5. The number of halogens is 3. The predicted molar refractivity (Wildman–Crippen MR) is 63.7 cm³/mol. The Morgan fingerprint density at radius 2 is 2.00 bits per heavy atom. The van der Waals surface area contributed by atoms with Crippen molar-refractivity contribution in [3.05, 3.63) is 41.0 Å². The van der Waals surface area contributed by atoms with Crippen molar-refractivity contribution >= 4 is 18.7 Å². The van der Waals surface area contributed by atoms with Crippen molar-refractivity contribution in [3.63, 3.8) is 0 Å². The molecule has 0 aliphatic carbocycles. The first-order valence-corrected chi connectivity index (χ1v) is 5.50. The van der Waals surface area contributed by atoms with Crippen molar-refractivity contribution in [2.75, 3.05) is 5.75 Å². The van der Waals surface area contributed by atoms with E-state index in [4.69, 9.17) is 5.26 Å². The summed E-state index contributed by atoms with van der Waals surface area (Å²) in [6, 6.07) is 5.01. The third-order valence-corrected chi connectivity index (χ3v) is 2.28. The van der Waals surface area contributed by atoms with Crippen LogP contribution in [-0.2, 0) is 6.18 Å². The Labute approximate surface area is 103 Å². The van der Waals surface area contributed by atoms with Gasteiger partial charge in [-0.25, -0.2) is 0 Å². The first-order chi connectivity index (χ1) is 7.97. The zero-order valence-corrected chi connectivity index (χ0v) is 9.72. The lowest BCUT2D eigenvalue weighted by Gasteiger charge is -2.07. The highest BCUT2D eigenvalue weighted by atomic mass is 32.1. The Morgan fingerprint density at radius 1 is 1.29 bits per heavy atom. The average Bonchev–Trinajstić information content (AvgIpc) is 2.28. The zero-order valence-electron chi connectivity index (χ0n) is 8.83. The molecule has 0 aromatic heterocycles. The van der Waals surface area contributed by atoms with Crippen molar-refractivity contribution in [1.29, 1.82) is 5.26 Å². The third-order valence-electron chi connectivity index (χ3n) is 2.02. The third kappa shape index (κ3) is 4.16. The Hall–Kier alpha value is -1.41. The summed E-state index contributed by atoms with van der Waals surface area (Å²) in [6.07, 6.45) is -0.476. The fourth-order valence-corrected chi connectivity index (χ4v) is 1.42. The number of nitrogens with zero attached hydrogens (tertiary/aromatic N) is 1. The summed E-state index contributed by atoms with van der Waals surface area (Å²) in [7, 11) is 0. The molecule has 0 unspecified atom stereocenters. The molecule has 17 heavy (non-hydrogen) atoms. The molecular weight excluding hydrogens is 247 g/mol. The molecule has 0 aliphatic rings. The quantitative estimate of drug-likeness (QED) is 0.815. The van der Waals surface area contributed by atoms with Crippen LogP contribution in [0.4, 0.5) is 13.2 Å². The standard InChI is InChI=1S/C12H10F3NS/c13-12(14,15)11-6-9(3-1-2-4-17)5-10(7-11)8-16/h1,3,5-7,17H,2,4H2. The molecule has 1 aromatic carbocycles. The lowest BCUT2D eigenvalue weighted by molar-refractivity contribution is -0.137. The lowest BCUT2D eigenvalue weighted by atomic mass is 10.1. The second-order valence-corrected chi connectivity index (χ2v) is 3.82. The van der Waals surface area contributed by atoms with Gasteiger partial charge in [0.05, 0.1) is 17.2 Å². The van der Waals surface area contributed by atoms with Crippen LogP contribution in [0, 0.1) is 11.3 Å². The van der Waals surface area contributed by atoms with E-state index in [9.17, 15) is 13.2 Å². The maximum absolute atomic E-state index is 12.5. The van der Waals surface area contributed by atoms with E-state index >= 15 is 0 Å². The molecule has 1 rings (SSSR count). The SMILES string of the molecule is N#Cc1cc(C=CCCS)cc(C(F)(F)F)c1. The van der Waals surface area contributed by atoms with Gasteiger partial charge < -0.3 is 0 Å². The van der Waals surface area contributed by atoms with Crippen LogP contribution in [0.5, 0.6) is 0 Å². The smallest absolute Gasteiger partial charge is 0.192 e.